The number of likely N-dealkylation sites (tertiary alicyclic amines) is 1. The molecule has 6 heterocycles. The molecule has 40 nitrogen and oxygen atoms in total. The number of fused-ring (bicyclic) bond motifs is 4. The van der Waals surface area contributed by atoms with Gasteiger partial charge < -0.3 is 116 Å². The average molecular weight is 1830 g/mol. The highest BCUT2D eigenvalue weighted by Crippen LogP contribution is 2.28. The Morgan fingerprint density at radius 3 is 1.60 bits per heavy atom. The number of benzene rings is 5. The van der Waals surface area contributed by atoms with Crippen molar-refractivity contribution in [3.05, 3.63) is 174 Å². The summed E-state index contributed by atoms with van der Waals surface area (Å²) in [6, 6.07) is 10.0. The Hall–Kier alpha value is -13.8. The number of nitrogens with one attached hydrogen (secondary N) is 16. The summed E-state index contributed by atoms with van der Waals surface area (Å²) in [6.45, 7) is 2.41. The number of para-hydroxylation sites is 3. The summed E-state index contributed by atoms with van der Waals surface area (Å²) in [4.78, 5) is 264. The third-order valence-corrected chi connectivity index (χ3v) is 24.9. The first kappa shape index (κ1) is 95.8. The zero-order chi connectivity index (χ0) is 92.7. The van der Waals surface area contributed by atoms with Crippen molar-refractivity contribution < 1.29 is 91.7 Å². The summed E-state index contributed by atoms with van der Waals surface area (Å²) in [5.41, 5.74) is 21.2. The largest absolute Gasteiger partial charge is 0.481 e. The molecule has 0 unspecified atom stereocenters. The fourth-order valence-electron chi connectivity index (χ4n) is 15.3. The molecule has 43 heteroatoms. The first-order valence-corrected chi connectivity index (χ1v) is 45.2. The molecule has 11 rings (SSSR count). The van der Waals surface area contributed by atoms with Gasteiger partial charge in [-0.05, 0) is 89.4 Å². The number of carboxylic acid groups (broad SMARTS) is 1. The summed E-state index contributed by atoms with van der Waals surface area (Å²) in [5.74, 6) is -20.2. The summed E-state index contributed by atoms with van der Waals surface area (Å²) < 4.78 is 0. The van der Waals surface area contributed by atoms with Crippen molar-refractivity contribution in [1.82, 2.24) is 93.6 Å². The van der Waals surface area contributed by atoms with Crippen LogP contribution >= 0.6 is 33.3 Å². The minimum atomic E-state index is -2.13. The van der Waals surface area contributed by atoms with E-state index in [2.05, 4.69) is 88.7 Å². The Bertz CT molecular complexity index is 5670. The number of thioether (sulfide) groups is 1. The molecule has 9 aromatic rings. The minimum Gasteiger partial charge on any atom is -0.481 e. The second-order valence-electron chi connectivity index (χ2n) is 31.3. The summed E-state index contributed by atoms with van der Waals surface area (Å²) in [7, 11) is 1.39. The van der Waals surface area contributed by atoms with Gasteiger partial charge in [0.15, 0.2) is 0 Å². The van der Waals surface area contributed by atoms with Crippen molar-refractivity contribution in [3.8, 4) is 0 Å². The van der Waals surface area contributed by atoms with Crippen LogP contribution in [0.1, 0.15) is 80.3 Å². The maximum absolute atomic E-state index is 15.7. The van der Waals surface area contributed by atoms with Crippen LogP contribution in [-0.4, -0.2) is 255 Å². The molecule has 2 aliphatic rings. The first-order chi connectivity index (χ1) is 61.8. The zero-order valence-electron chi connectivity index (χ0n) is 70.2. The lowest BCUT2D eigenvalue weighted by Crippen LogP contribution is -2.62. The van der Waals surface area contributed by atoms with Crippen LogP contribution in [0.5, 0.6) is 0 Å². The van der Waals surface area contributed by atoms with Gasteiger partial charge >= 0.3 is 5.97 Å². The number of aliphatic hydroxyl groups is 1. The molecule has 0 saturated carbocycles. The molecule has 0 radical (unpaired) electrons. The number of H-pyrrole nitrogens is 4. The summed E-state index contributed by atoms with van der Waals surface area (Å²) in [6.07, 6.45) is 2.82. The lowest BCUT2D eigenvalue weighted by molar-refractivity contribution is -0.142. The fourth-order valence-corrected chi connectivity index (χ4v) is 18.1. The molecule has 0 bridgehead atoms. The number of nitrogens with zero attached hydrogens (tertiary/aromatic N) is 2. The van der Waals surface area contributed by atoms with Crippen LogP contribution in [0.4, 0.5) is 0 Å². The predicted molar refractivity (Wildman–Crippen MR) is 478 cm³/mol. The Morgan fingerprint density at radius 2 is 1.04 bits per heavy atom. The number of carboxylic acids is 1. The number of aromatic amines is 4. The molecular formula is C86H101N21O19S3. The molecule has 24 N–H and O–H groups in total. The number of primary amides is 3. The van der Waals surface area contributed by atoms with E-state index in [1.165, 1.54) is 42.3 Å². The molecule has 2 aliphatic heterocycles. The Morgan fingerprint density at radius 1 is 0.535 bits per heavy atom. The average Bonchev–Trinajstić information content (AvgIpc) is 1.65. The highest BCUT2D eigenvalue weighted by Gasteiger charge is 2.42. The molecule has 2 saturated heterocycles. The lowest BCUT2D eigenvalue weighted by atomic mass is 10.00. The standard InChI is InChI=1S/C86H101N21O19S3/c1-43(108)73(106-82(122)61(30-49-37-92-56-19-10-7-16-53(49)56)96-75(115)58(24-26-127-3)95-44(2)109)85(125)102-59(28-45-22-23-46-13-4-5-14-47(46)27-45)76(116)104-67-40-128-129-41-68(84(124)103-66(86(126)107-25-12-21-69(107)74(89)114)31-50-38-93-57-20-11-8-17-54(50)57)105-81(121)65(35-72(112)113)101-78(118)62(32-51-39-90-42-94-51)98-77(117)60(29-48-36-91-55-18-9-6-15-52(48)55)97-79(119)63(33-70(87)110)99-80(120)64(34-71(88)111)100-83(67)123/h4-11,13-20,22-23,27,36-39,42-43,58-69,73,91-93,108H,12,21,24-26,28-35,40-41H2,1-3H3,(H2,87,110)(H2,88,111)(H2,89,114)(H,90,94)(H,95,109)(H,96,115)(H,97,119)(H,98,117)(H,99,120)(H,100,123)(H,101,118)(H,102,125)(H,103,124)(H,104,116)(H,105,121)(H,106,122)(H,112,113)/t43-,58+,59+,60+,61+,62+,63+,64+,65+,66+,67+,68+,69+,73+/m1/s1. The fraction of sp³-hybridized carbons (Fsp3) is 0.372. The maximum Gasteiger partial charge on any atom is 0.305 e. The maximum atomic E-state index is 15.7. The van der Waals surface area contributed by atoms with Crippen molar-refractivity contribution >= 4 is 177 Å². The molecule has 4 aromatic heterocycles. The molecule has 0 spiro atoms. The number of hydrogen-bond acceptors (Lipinski definition) is 22. The topological polar surface area (TPSA) is 632 Å². The van der Waals surface area contributed by atoms with Gasteiger partial charge in [-0.25, -0.2) is 4.98 Å². The van der Waals surface area contributed by atoms with Crippen LogP contribution in [0.25, 0.3) is 43.5 Å². The predicted octanol–water partition coefficient (Wildman–Crippen LogP) is -1.41. The molecule has 0 aliphatic carbocycles. The van der Waals surface area contributed by atoms with E-state index in [9.17, 15) is 53.4 Å². The normalized spacial score (nSPS) is 20.2. The molecule has 129 heavy (non-hydrogen) atoms. The third-order valence-electron chi connectivity index (χ3n) is 21.8. The number of carbonyl (C=O) groups excluding carboxylic acids is 16. The van der Waals surface area contributed by atoms with E-state index in [4.69, 9.17) is 17.2 Å². The number of aromatic nitrogens is 5. The van der Waals surface area contributed by atoms with Crippen molar-refractivity contribution in [3.63, 3.8) is 0 Å². The molecule has 2 fully saturated rings. The van der Waals surface area contributed by atoms with E-state index in [0.717, 1.165) is 12.3 Å². The molecule has 682 valence electrons. The summed E-state index contributed by atoms with van der Waals surface area (Å²) in [5, 5.41) is 55.9. The van der Waals surface area contributed by atoms with E-state index < -0.39 is 235 Å². The SMILES string of the molecule is CSCC[C@H](NC(C)=O)C(=O)N[C@@H](Cc1c[nH]c2ccccc12)C(=O)N[C@H](C(=O)N[C@@H](Cc1ccc2ccccc2c1)C(=O)N[C@H]1CSSC[C@@H](C(=O)N[C@@H](Cc2c[nH]c3ccccc23)C(=O)N2CCC[C@H]2C(N)=O)NC(=O)[C@H](CC(=O)O)NC(=O)[C@H](Cc2cnc[nH]2)NC(=O)[C@H](Cc2c[nH]c3ccccc23)NC(=O)[C@H](CC(N)=O)NC(=O)[C@H](CC(N)=O)NC1=O)[C@@H](C)O. The van der Waals surface area contributed by atoms with Gasteiger partial charge in [-0.1, -0.05) is 119 Å². The van der Waals surface area contributed by atoms with Gasteiger partial charge in [0.2, 0.25) is 94.5 Å². The van der Waals surface area contributed by atoms with Gasteiger partial charge in [0, 0.05) is 120 Å². The lowest BCUT2D eigenvalue weighted by Gasteiger charge is -2.29. The third kappa shape index (κ3) is 26.2. The second kappa shape index (κ2) is 45.1. The highest BCUT2D eigenvalue weighted by molar-refractivity contribution is 8.76. The van der Waals surface area contributed by atoms with E-state index in [0.29, 0.717) is 94.1 Å². The zero-order valence-corrected chi connectivity index (χ0v) is 72.7. The second-order valence-corrected chi connectivity index (χ2v) is 34.9. The number of aliphatic carboxylic acids is 1. The van der Waals surface area contributed by atoms with Crippen LogP contribution < -0.4 is 81.0 Å². The molecule has 14 atom stereocenters. The summed E-state index contributed by atoms with van der Waals surface area (Å²) >= 11 is 1.39. The van der Waals surface area contributed by atoms with Crippen molar-refractivity contribution in [2.45, 2.75) is 169 Å². The minimum absolute atomic E-state index is 0.0301. The molecule has 5 aromatic carbocycles. The van der Waals surface area contributed by atoms with Gasteiger partial charge in [0.1, 0.15) is 78.5 Å². The van der Waals surface area contributed by atoms with Crippen LogP contribution in [-0.2, 0) is 114 Å². The first-order valence-electron chi connectivity index (χ1n) is 41.3. The van der Waals surface area contributed by atoms with Gasteiger partial charge in [-0.15, -0.1) is 0 Å². The number of imidazole rings is 1. The van der Waals surface area contributed by atoms with Crippen molar-refractivity contribution in [2.75, 3.05) is 30.1 Å². The monoisotopic (exact) mass is 1830 g/mol. The van der Waals surface area contributed by atoms with Crippen LogP contribution in [0, 0.1) is 0 Å². The van der Waals surface area contributed by atoms with Crippen molar-refractivity contribution in [2.24, 2.45) is 17.2 Å². The molecular weight excluding hydrogens is 1730 g/mol. The van der Waals surface area contributed by atoms with Gasteiger partial charge in [-0.3, -0.25) is 81.5 Å². The Balaban J connectivity index is 0.979. The Labute approximate surface area is 749 Å². The smallest absolute Gasteiger partial charge is 0.305 e. The number of rotatable bonds is 33. The van der Waals surface area contributed by atoms with Gasteiger partial charge in [-0.2, -0.15) is 11.8 Å². The van der Waals surface area contributed by atoms with E-state index in [-0.39, 0.29) is 37.9 Å². The van der Waals surface area contributed by atoms with E-state index in [1.807, 2.05) is 0 Å². The van der Waals surface area contributed by atoms with Crippen LogP contribution in [0.2, 0.25) is 0 Å². The van der Waals surface area contributed by atoms with E-state index in [1.54, 1.807) is 134 Å². The quantitative estimate of drug-likeness (QED) is 0.0210. The van der Waals surface area contributed by atoms with E-state index >= 15 is 38.4 Å². The van der Waals surface area contributed by atoms with Crippen molar-refractivity contribution in [1.29, 1.82) is 0 Å². The van der Waals surface area contributed by atoms with Crippen LogP contribution in [0.3, 0.4) is 0 Å². The number of nitrogens with two attached hydrogens (primary N) is 3. The van der Waals surface area contributed by atoms with Gasteiger partial charge in [0.25, 0.3) is 0 Å². The number of aliphatic hydroxyl groups excluding tert-OH is 1. The highest BCUT2D eigenvalue weighted by atomic mass is 33.1. The van der Waals surface area contributed by atoms with Crippen LogP contribution in [0.15, 0.2) is 146 Å². The van der Waals surface area contributed by atoms with Gasteiger partial charge in [0.05, 0.1) is 31.7 Å². The number of carbonyl (C=O) groups is 17. The molecule has 16 amide bonds. The Kier molecular flexibility index (Phi) is 33.5. The number of amides is 16. The number of hydrogen-bond donors (Lipinski definition) is 21.